The van der Waals surface area contributed by atoms with Gasteiger partial charge in [-0.15, -0.1) is 0 Å². The first-order chi connectivity index (χ1) is 9.77. The van der Waals surface area contributed by atoms with Crippen LogP contribution in [0.1, 0.15) is 65.7 Å². The summed E-state index contributed by atoms with van der Waals surface area (Å²) in [5, 5.41) is 0.400. The number of carbonyl (C=O) groups excluding carboxylic acids is 2. The summed E-state index contributed by atoms with van der Waals surface area (Å²) in [7, 11) is 0. The fourth-order valence-corrected chi connectivity index (χ4v) is 4.17. The minimum absolute atomic E-state index is 0.141. The van der Waals surface area contributed by atoms with E-state index in [1.165, 1.54) is 48.4 Å². The highest BCUT2D eigenvalue weighted by molar-refractivity contribution is 7.98. The molecule has 1 saturated carbocycles. The Bertz CT molecular complexity index is 486. The van der Waals surface area contributed by atoms with Crippen molar-refractivity contribution in [1.29, 1.82) is 0 Å². The maximum atomic E-state index is 12.3. The molecule has 0 spiro atoms. The van der Waals surface area contributed by atoms with Crippen molar-refractivity contribution in [3.8, 4) is 0 Å². The van der Waals surface area contributed by atoms with E-state index in [4.69, 9.17) is 0 Å². The molecule has 0 radical (unpaired) electrons. The monoisotopic (exact) mass is 289 g/mol. The molecule has 0 unspecified atom stereocenters. The van der Waals surface area contributed by atoms with E-state index in [0.717, 1.165) is 12.8 Å². The number of nitrogens with zero attached hydrogens (tertiary/aromatic N) is 1. The van der Waals surface area contributed by atoms with E-state index in [9.17, 15) is 9.59 Å². The van der Waals surface area contributed by atoms with Crippen molar-refractivity contribution in [3.63, 3.8) is 0 Å². The van der Waals surface area contributed by atoms with E-state index < -0.39 is 0 Å². The van der Waals surface area contributed by atoms with Gasteiger partial charge in [-0.1, -0.05) is 44.2 Å². The van der Waals surface area contributed by atoms with E-state index >= 15 is 0 Å². The molecule has 106 valence electrons. The number of imide groups is 1. The van der Waals surface area contributed by atoms with E-state index in [1.807, 2.05) is 12.1 Å². The van der Waals surface area contributed by atoms with Gasteiger partial charge in [0.2, 0.25) is 0 Å². The maximum absolute atomic E-state index is 12.3. The van der Waals surface area contributed by atoms with Crippen molar-refractivity contribution in [1.82, 2.24) is 4.31 Å². The number of rotatable bonds is 2. The molecule has 4 heteroatoms. The first kappa shape index (κ1) is 13.7. The Balaban J connectivity index is 1.72. The SMILES string of the molecule is O=C1c2ccccc2C(=O)N1SC1CCCCCCC1. The molecular weight excluding hydrogens is 270 g/mol. The van der Waals surface area contributed by atoms with Crippen molar-refractivity contribution in [2.24, 2.45) is 0 Å². The van der Waals surface area contributed by atoms with Gasteiger partial charge in [-0.05, 0) is 36.9 Å². The summed E-state index contributed by atoms with van der Waals surface area (Å²) in [5.41, 5.74) is 1.10. The molecule has 1 aromatic rings. The predicted octanol–water partition coefficient (Wildman–Crippen LogP) is 4.04. The second kappa shape index (κ2) is 6.00. The molecule has 0 saturated heterocycles. The molecule has 2 aliphatic rings. The summed E-state index contributed by atoms with van der Waals surface area (Å²) >= 11 is 1.46. The number of hydrogen-bond donors (Lipinski definition) is 0. The molecule has 0 aromatic heterocycles. The molecule has 0 atom stereocenters. The van der Waals surface area contributed by atoms with Gasteiger partial charge in [0.15, 0.2) is 0 Å². The average molecular weight is 289 g/mol. The summed E-state index contributed by atoms with van der Waals surface area (Å²) in [6.45, 7) is 0. The molecule has 3 nitrogen and oxygen atoms in total. The fourth-order valence-electron chi connectivity index (χ4n) is 2.94. The van der Waals surface area contributed by atoms with Crippen LogP contribution in [0.2, 0.25) is 0 Å². The smallest absolute Gasteiger partial charge is 0.268 e. The normalized spacial score (nSPS) is 20.7. The first-order valence-electron chi connectivity index (χ1n) is 7.42. The van der Waals surface area contributed by atoms with Gasteiger partial charge < -0.3 is 0 Å². The highest BCUT2D eigenvalue weighted by Gasteiger charge is 2.37. The van der Waals surface area contributed by atoms with Crippen LogP contribution in [0.3, 0.4) is 0 Å². The number of hydrogen-bond acceptors (Lipinski definition) is 3. The minimum atomic E-state index is -0.141. The van der Waals surface area contributed by atoms with Crippen molar-refractivity contribution < 1.29 is 9.59 Å². The summed E-state index contributed by atoms with van der Waals surface area (Å²) in [6.07, 6.45) is 8.51. The van der Waals surface area contributed by atoms with E-state index in [-0.39, 0.29) is 11.8 Å². The Morgan fingerprint density at radius 3 is 1.90 bits per heavy atom. The summed E-state index contributed by atoms with van der Waals surface area (Å²) < 4.78 is 1.39. The van der Waals surface area contributed by atoms with E-state index in [1.54, 1.807) is 12.1 Å². The van der Waals surface area contributed by atoms with Crippen LogP contribution in [0, 0.1) is 0 Å². The summed E-state index contributed by atoms with van der Waals surface area (Å²) in [4.78, 5) is 24.6. The van der Waals surface area contributed by atoms with Gasteiger partial charge in [-0.25, -0.2) is 4.31 Å². The highest BCUT2D eigenvalue weighted by atomic mass is 32.2. The molecule has 3 rings (SSSR count). The lowest BCUT2D eigenvalue weighted by Gasteiger charge is -2.22. The number of carbonyl (C=O) groups is 2. The molecule has 1 heterocycles. The van der Waals surface area contributed by atoms with Crippen LogP contribution in [0.4, 0.5) is 0 Å². The zero-order valence-electron chi connectivity index (χ0n) is 11.5. The third-order valence-electron chi connectivity index (χ3n) is 4.06. The minimum Gasteiger partial charge on any atom is -0.268 e. The third kappa shape index (κ3) is 2.62. The molecule has 0 N–H and O–H groups in total. The second-order valence-electron chi connectivity index (χ2n) is 5.52. The molecular formula is C16H19NO2S. The van der Waals surface area contributed by atoms with Crippen LogP contribution in [0.15, 0.2) is 24.3 Å². The van der Waals surface area contributed by atoms with Gasteiger partial charge in [0.1, 0.15) is 0 Å². The molecule has 2 amide bonds. The van der Waals surface area contributed by atoms with Gasteiger partial charge in [0, 0.05) is 5.25 Å². The van der Waals surface area contributed by atoms with Gasteiger partial charge in [0.25, 0.3) is 11.8 Å². The van der Waals surface area contributed by atoms with Gasteiger partial charge >= 0.3 is 0 Å². The molecule has 1 aromatic carbocycles. The Morgan fingerprint density at radius 2 is 1.35 bits per heavy atom. The van der Waals surface area contributed by atoms with Gasteiger partial charge in [-0.2, -0.15) is 0 Å². The maximum Gasteiger partial charge on any atom is 0.271 e. The summed E-state index contributed by atoms with van der Waals surface area (Å²) in [5.74, 6) is -0.282. The largest absolute Gasteiger partial charge is 0.271 e. The summed E-state index contributed by atoms with van der Waals surface area (Å²) in [6, 6.07) is 7.12. The van der Waals surface area contributed by atoms with Crippen LogP contribution in [0.5, 0.6) is 0 Å². The number of benzene rings is 1. The lowest BCUT2D eigenvalue weighted by atomic mass is 10.0. The third-order valence-corrected chi connectivity index (χ3v) is 5.38. The highest BCUT2D eigenvalue weighted by Crippen LogP contribution is 2.35. The number of amides is 2. The van der Waals surface area contributed by atoms with Crippen molar-refractivity contribution >= 4 is 23.8 Å². The predicted molar refractivity (Wildman–Crippen MR) is 80.6 cm³/mol. The zero-order chi connectivity index (χ0) is 13.9. The Labute approximate surface area is 123 Å². The quantitative estimate of drug-likeness (QED) is 0.609. The molecule has 1 fully saturated rings. The van der Waals surface area contributed by atoms with Gasteiger partial charge in [-0.3, -0.25) is 9.59 Å². The van der Waals surface area contributed by atoms with E-state index in [2.05, 4.69) is 0 Å². The Kier molecular flexibility index (Phi) is 4.10. The topological polar surface area (TPSA) is 37.4 Å². The average Bonchev–Trinajstić information content (AvgIpc) is 2.67. The van der Waals surface area contributed by atoms with Crippen molar-refractivity contribution in [2.75, 3.05) is 0 Å². The van der Waals surface area contributed by atoms with Crippen LogP contribution in [-0.4, -0.2) is 21.4 Å². The zero-order valence-corrected chi connectivity index (χ0v) is 12.3. The molecule has 0 bridgehead atoms. The van der Waals surface area contributed by atoms with Crippen LogP contribution in [0.25, 0.3) is 0 Å². The lowest BCUT2D eigenvalue weighted by molar-refractivity contribution is 0.0776. The van der Waals surface area contributed by atoms with Crippen LogP contribution in [-0.2, 0) is 0 Å². The van der Waals surface area contributed by atoms with Gasteiger partial charge in [0.05, 0.1) is 11.1 Å². The standard InChI is InChI=1S/C16H19NO2S/c18-15-13-10-6-7-11-14(13)16(19)17(15)20-12-8-4-2-1-3-5-9-12/h6-7,10-12H,1-5,8-9H2. The first-order valence-corrected chi connectivity index (χ1v) is 8.25. The molecule has 1 aliphatic heterocycles. The second-order valence-corrected chi connectivity index (χ2v) is 6.77. The van der Waals surface area contributed by atoms with Crippen molar-refractivity contribution in [3.05, 3.63) is 35.4 Å². The van der Waals surface area contributed by atoms with Crippen molar-refractivity contribution in [2.45, 2.75) is 50.2 Å². The van der Waals surface area contributed by atoms with Crippen LogP contribution >= 0.6 is 11.9 Å². The molecule has 20 heavy (non-hydrogen) atoms. The van der Waals surface area contributed by atoms with Crippen LogP contribution < -0.4 is 0 Å². The lowest BCUT2D eigenvalue weighted by Crippen LogP contribution is -2.26. The Hall–Kier alpha value is -1.29. The van der Waals surface area contributed by atoms with E-state index in [0.29, 0.717) is 16.4 Å². The molecule has 1 aliphatic carbocycles. The fraction of sp³-hybridized carbons (Fsp3) is 0.500. The number of fused-ring (bicyclic) bond motifs is 1. The Morgan fingerprint density at radius 1 is 0.850 bits per heavy atom.